The predicted octanol–water partition coefficient (Wildman–Crippen LogP) is 2.25. The molecule has 0 atom stereocenters. The van der Waals surface area contributed by atoms with Gasteiger partial charge in [0.2, 0.25) is 5.75 Å². The summed E-state index contributed by atoms with van der Waals surface area (Å²) in [5, 5.41) is 0. The van der Waals surface area contributed by atoms with Crippen LogP contribution < -0.4 is 19.8 Å². The van der Waals surface area contributed by atoms with Crippen molar-refractivity contribution < 1.29 is 18.9 Å². The van der Waals surface area contributed by atoms with Crippen molar-refractivity contribution in [2.75, 3.05) is 35.0 Å². The van der Waals surface area contributed by atoms with E-state index in [4.69, 9.17) is 31.2 Å². The van der Waals surface area contributed by atoms with Gasteiger partial charge in [-0.25, -0.2) is 0 Å². The quantitative estimate of drug-likeness (QED) is 0.771. The van der Waals surface area contributed by atoms with Crippen molar-refractivity contribution in [3.05, 3.63) is 33.3 Å². The van der Waals surface area contributed by atoms with E-state index in [1.807, 2.05) is 0 Å². The number of nitrogens with zero attached hydrogens (tertiary/aromatic N) is 1. The normalized spacial score (nSPS) is 10.5. The van der Waals surface area contributed by atoms with Gasteiger partial charge in [0.25, 0.3) is 5.56 Å². The van der Waals surface area contributed by atoms with Crippen LogP contribution in [0.4, 0.5) is 0 Å². The van der Waals surface area contributed by atoms with Crippen LogP contribution in [0.2, 0.25) is 0 Å². The Kier molecular flexibility index (Phi) is 5.99. The molecule has 1 heterocycles. The van der Waals surface area contributed by atoms with Gasteiger partial charge in [-0.05, 0) is 24.4 Å². The van der Waals surface area contributed by atoms with Gasteiger partial charge in [0, 0.05) is 25.3 Å². The van der Waals surface area contributed by atoms with Crippen LogP contribution in [0.1, 0.15) is 0 Å². The number of aromatic amines is 1. The number of aromatic nitrogens is 2. The Hall–Kier alpha value is -2.32. The first-order chi connectivity index (χ1) is 11.5. The molecule has 0 spiro atoms. The van der Waals surface area contributed by atoms with Crippen molar-refractivity contribution in [2.24, 2.45) is 0 Å². The van der Waals surface area contributed by atoms with Gasteiger partial charge >= 0.3 is 0 Å². The van der Waals surface area contributed by atoms with Gasteiger partial charge in [0.1, 0.15) is 0 Å². The Morgan fingerprint density at radius 1 is 1.04 bits per heavy atom. The zero-order valence-corrected chi connectivity index (χ0v) is 14.9. The molecule has 1 N–H and O–H groups in total. The average molecular weight is 352 g/mol. The van der Waals surface area contributed by atoms with E-state index in [0.29, 0.717) is 40.9 Å². The van der Waals surface area contributed by atoms with Crippen LogP contribution in [0.5, 0.6) is 17.2 Å². The lowest BCUT2D eigenvalue weighted by atomic mass is 10.1. The van der Waals surface area contributed by atoms with Gasteiger partial charge in [-0.3, -0.25) is 9.78 Å². The molecule has 0 aliphatic heterocycles. The third-order valence-electron chi connectivity index (χ3n) is 3.51. The molecule has 2 aromatic rings. The van der Waals surface area contributed by atoms with E-state index in [2.05, 4.69) is 4.98 Å². The average Bonchev–Trinajstić information content (AvgIpc) is 2.58. The molecule has 7 nitrogen and oxygen atoms in total. The molecule has 0 bridgehead atoms. The summed E-state index contributed by atoms with van der Waals surface area (Å²) in [4.78, 5) is 14.5. The Morgan fingerprint density at radius 2 is 1.67 bits per heavy atom. The largest absolute Gasteiger partial charge is 0.493 e. The minimum atomic E-state index is -0.280. The SMILES string of the molecule is COCCn1c(-c2cc(OC)c(OC)c(OC)c2)cc(=O)[nH]c1=S. The molecule has 1 aromatic heterocycles. The molecular weight excluding hydrogens is 332 g/mol. The molecule has 130 valence electrons. The Morgan fingerprint density at radius 3 is 2.17 bits per heavy atom. The molecule has 0 fully saturated rings. The summed E-state index contributed by atoms with van der Waals surface area (Å²) >= 11 is 5.28. The second-order valence-corrected chi connectivity index (χ2v) is 5.27. The predicted molar refractivity (Wildman–Crippen MR) is 92.9 cm³/mol. The van der Waals surface area contributed by atoms with E-state index in [1.165, 1.54) is 27.4 Å². The van der Waals surface area contributed by atoms with Crippen molar-refractivity contribution in [2.45, 2.75) is 6.54 Å². The van der Waals surface area contributed by atoms with Gasteiger partial charge in [0.05, 0.1) is 33.6 Å². The van der Waals surface area contributed by atoms with Crippen molar-refractivity contribution in [3.63, 3.8) is 0 Å². The molecule has 0 amide bonds. The summed E-state index contributed by atoms with van der Waals surface area (Å²) in [6.45, 7) is 0.954. The summed E-state index contributed by atoms with van der Waals surface area (Å²) < 4.78 is 23.3. The maximum atomic E-state index is 11.9. The molecule has 2 rings (SSSR count). The smallest absolute Gasteiger partial charge is 0.252 e. The van der Waals surface area contributed by atoms with Crippen molar-refractivity contribution >= 4 is 12.2 Å². The molecule has 24 heavy (non-hydrogen) atoms. The van der Waals surface area contributed by atoms with Gasteiger partial charge in [-0.2, -0.15) is 0 Å². The topological polar surface area (TPSA) is 74.7 Å². The lowest BCUT2D eigenvalue weighted by Crippen LogP contribution is -2.17. The zero-order chi connectivity index (χ0) is 17.7. The van der Waals surface area contributed by atoms with Crippen molar-refractivity contribution in [1.29, 1.82) is 0 Å². The minimum Gasteiger partial charge on any atom is -0.493 e. The molecule has 0 saturated carbocycles. The number of methoxy groups -OCH3 is 4. The van der Waals surface area contributed by atoms with Crippen LogP contribution in [0.15, 0.2) is 23.0 Å². The standard InChI is InChI=1S/C16H20N2O5S/c1-20-6-5-18-11(9-14(19)17-16(18)24)10-7-12(21-2)15(23-4)13(8-10)22-3/h7-9H,5-6H2,1-4H3,(H,17,19,24). The maximum absolute atomic E-state index is 11.9. The second kappa shape index (κ2) is 7.98. The molecule has 0 aliphatic carbocycles. The third kappa shape index (κ3) is 3.60. The zero-order valence-electron chi connectivity index (χ0n) is 14.0. The van der Waals surface area contributed by atoms with Gasteiger partial charge in [-0.1, -0.05) is 0 Å². The van der Waals surface area contributed by atoms with E-state index < -0.39 is 0 Å². The van der Waals surface area contributed by atoms with Crippen molar-refractivity contribution in [3.8, 4) is 28.5 Å². The Labute approximate surface area is 144 Å². The molecule has 8 heteroatoms. The van der Waals surface area contributed by atoms with E-state index in [9.17, 15) is 4.79 Å². The van der Waals surface area contributed by atoms with Gasteiger partial charge in [0.15, 0.2) is 16.3 Å². The van der Waals surface area contributed by atoms with E-state index in [-0.39, 0.29) is 5.56 Å². The lowest BCUT2D eigenvalue weighted by molar-refractivity contribution is 0.186. The Bertz CT molecular complexity index is 803. The fourth-order valence-electron chi connectivity index (χ4n) is 2.39. The summed E-state index contributed by atoms with van der Waals surface area (Å²) in [5.74, 6) is 1.48. The van der Waals surface area contributed by atoms with E-state index >= 15 is 0 Å². The van der Waals surface area contributed by atoms with Crippen LogP contribution in [-0.2, 0) is 11.3 Å². The molecule has 0 radical (unpaired) electrons. The van der Waals surface area contributed by atoms with Crippen LogP contribution in [-0.4, -0.2) is 44.6 Å². The highest BCUT2D eigenvalue weighted by atomic mass is 32.1. The number of H-pyrrole nitrogens is 1. The highest BCUT2D eigenvalue weighted by Gasteiger charge is 2.16. The number of hydrogen-bond acceptors (Lipinski definition) is 6. The molecular formula is C16H20N2O5S. The lowest BCUT2D eigenvalue weighted by Gasteiger charge is -2.17. The van der Waals surface area contributed by atoms with Crippen LogP contribution in [0.25, 0.3) is 11.3 Å². The molecule has 0 unspecified atom stereocenters. The summed E-state index contributed by atoms with van der Waals surface area (Å²) in [7, 11) is 6.22. The summed E-state index contributed by atoms with van der Waals surface area (Å²) in [5.41, 5.74) is 1.08. The van der Waals surface area contributed by atoms with E-state index in [0.717, 1.165) is 5.56 Å². The van der Waals surface area contributed by atoms with Crippen molar-refractivity contribution in [1.82, 2.24) is 9.55 Å². The monoisotopic (exact) mass is 352 g/mol. The van der Waals surface area contributed by atoms with Gasteiger partial charge in [-0.15, -0.1) is 0 Å². The Balaban J connectivity index is 2.71. The van der Waals surface area contributed by atoms with Gasteiger partial charge < -0.3 is 23.5 Å². The summed E-state index contributed by atoms with van der Waals surface area (Å²) in [6.07, 6.45) is 0. The number of rotatable bonds is 7. The second-order valence-electron chi connectivity index (χ2n) is 4.88. The minimum absolute atomic E-state index is 0.280. The van der Waals surface area contributed by atoms with Crippen LogP contribution in [0, 0.1) is 4.77 Å². The van der Waals surface area contributed by atoms with Crippen LogP contribution >= 0.6 is 12.2 Å². The number of benzene rings is 1. The first kappa shape index (κ1) is 18.0. The molecule has 0 saturated heterocycles. The first-order valence-electron chi connectivity index (χ1n) is 7.19. The molecule has 1 aromatic carbocycles. The maximum Gasteiger partial charge on any atom is 0.252 e. The number of ether oxygens (including phenoxy) is 4. The highest BCUT2D eigenvalue weighted by molar-refractivity contribution is 7.71. The first-order valence-corrected chi connectivity index (χ1v) is 7.60. The highest BCUT2D eigenvalue weighted by Crippen LogP contribution is 2.40. The third-order valence-corrected chi connectivity index (χ3v) is 3.84. The van der Waals surface area contributed by atoms with E-state index in [1.54, 1.807) is 23.8 Å². The molecule has 0 aliphatic rings. The fraction of sp³-hybridized carbons (Fsp3) is 0.375. The fourth-order valence-corrected chi connectivity index (χ4v) is 2.68. The van der Waals surface area contributed by atoms with Crippen LogP contribution in [0.3, 0.4) is 0 Å². The number of nitrogens with one attached hydrogen (secondary N) is 1. The number of hydrogen-bond donors (Lipinski definition) is 1. The summed E-state index contributed by atoms with van der Waals surface area (Å²) in [6, 6.07) is 5.02.